The summed E-state index contributed by atoms with van der Waals surface area (Å²) in [5, 5.41) is 11.1. The maximum absolute atomic E-state index is 11.3. The average Bonchev–Trinajstić information content (AvgIpc) is 2.25. The third-order valence-corrected chi connectivity index (χ3v) is 1.68. The van der Waals surface area contributed by atoms with E-state index in [1.807, 2.05) is 27.7 Å². The van der Waals surface area contributed by atoms with Crippen molar-refractivity contribution in [3.05, 3.63) is 0 Å². The molecule has 1 atom stereocenters. The molecule has 0 fully saturated rings. The molecule has 0 aromatic rings. The van der Waals surface area contributed by atoms with E-state index in [0.717, 1.165) is 0 Å². The molecule has 0 aromatic heterocycles. The zero-order valence-electron chi connectivity index (χ0n) is 10.7. The fraction of sp³-hybridized carbons (Fsp3) is 0.818. The highest BCUT2D eigenvalue weighted by Gasteiger charge is 2.19. The Morgan fingerprint density at radius 1 is 1.31 bits per heavy atom. The first-order valence-corrected chi connectivity index (χ1v) is 5.53. The number of esters is 1. The van der Waals surface area contributed by atoms with Gasteiger partial charge in [-0.1, -0.05) is 27.7 Å². The minimum atomic E-state index is -1.14. The van der Waals surface area contributed by atoms with Crippen LogP contribution >= 0.6 is 0 Å². The number of likely N-dealkylation sites (N-methyl/N-ethyl adjacent to an activating group) is 1. The predicted octanol–water partition coefficient (Wildman–Crippen LogP) is 1.27. The van der Waals surface area contributed by atoms with E-state index in [2.05, 4.69) is 10.1 Å². The summed E-state index contributed by atoms with van der Waals surface area (Å²) in [4.78, 5) is 21.4. The highest BCUT2D eigenvalue weighted by molar-refractivity contribution is 5.79. The fourth-order valence-electron chi connectivity index (χ4n) is 1.04. The van der Waals surface area contributed by atoms with Crippen LogP contribution in [0.5, 0.6) is 0 Å². The molecule has 0 spiro atoms. The molecule has 0 saturated heterocycles. The van der Waals surface area contributed by atoms with Crippen LogP contribution in [0.4, 0.5) is 0 Å². The summed E-state index contributed by atoms with van der Waals surface area (Å²) in [6.45, 7) is 7.39. The molecule has 0 aliphatic heterocycles. The van der Waals surface area contributed by atoms with Gasteiger partial charge >= 0.3 is 11.9 Å². The van der Waals surface area contributed by atoms with Crippen molar-refractivity contribution in [1.82, 2.24) is 5.32 Å². The van der Waals surface area contributed by atoms with Crippen LogP contribution in [-0.2, 0) is 14.3 Å². The van der Waals surface area contributed by atoms with Crippen molar-refractivity contribution in [1.29, 1.82) is 0 Å². The minimum absolute atomic E-state index is 0.352. The summed E-state index contributed by atoms with van der Waals surface area (Å²) in [6.07, 6.45) is 0.634. The van der Waals surface area contributed by atoms with Gasteiger partial charge in [0, 0.05) is 0 Å². The lowest BCUT2D eigenvalue weighted by Gasteiger charge is -2.16. The summed E-state index contributed by atoms with van der Waals surface area (Å²) in [5.41, 5.74) is 0. The van der Waals surface area contributed by atoms with Gasteiger partial charge in [-0.2, -0.15) is 0 Å². The summed E-state index contributed by atoms with van der Waals surface area (Å²) in [5.74, 6) is -1.30. The maximum atomic E-state index is 11.3. The van der Waals surface area contributed by atoms with Crippen LogP contribution in [0, 0.1) is 5.92 Å². The molecule has 0 aliphatic carbocycles. The van der Waals surface area contributed by atoms with E-state index in [0.29, 0.717) is 12.3 Å². The Kier molecular flexibility index (Phi) is 11.3. The third-order valence-electron chi connectivity index (χ3n) is 1.68. The van der Waals surface area contributed by atoms with Gasteiger partial charge in [-0.25, -0.2) is 4.79 Å². The number of ether oxygens (including phenoxy) is 1. The lowest BCUT2D eigenvalue weighted by molar-refractivity contribution is -0.156. The van der Waals surface area contributed by atoms with Gasteiger partial charge in [0.25, 0.3) is 0 Å². The van der Waals surface area contributed by atoms with Gasteiger partial charge in [0.2, 0.25) is 0 Å². The van der Waals surface area contributed by atoms with Gasteiger partial charge < -0.3 is 15.2 Å². The number of carbonyl (C=O) groups is 2. The van der Waals surface area contributed by atoms with Crippen LogP contribution in [-0.4, -0.2) is 36.7 Å². The first kappa shape index (κ1) is 17.3. The summed E-state index contributed by atoms with van der Waals surface area (Å²) < 4.78 is 4.56. The van der Waals surface area contributed by atoms with Crippen LogP contribution in [0.1, 0.15) is 34.1 Å². The topological polar surface area (TPSA) is 75.6 Å². The summed E-state index contributed by atoms with van der Waals surface area (Å²) >= 11 is 0. The smallest absolute Gasteiger partial charge is 0.341 e. The third kappa shape index (κ3) is 9.45. The second-order valence-corrected chi connectivity index (χ2v) is 3.47. The Morgan fingerprint density at radius 3 is 2.12 bits per heavy atom. The molecule has 0 amide bonds. The van der Waals surface area contributed by atoms with Crippen molar-refractivity contribution >= 4 is 11.9 Å². The number of nitrogens with one attached hydrogen (secondary N) is 1. The maximum Gasteiger partial charge on any atom is 0.341 e. The number of aliphatic carboxylic acids is 1. The largest absolute Gasteiger partial charge is 0.479 e. The van der Waals surface area contributed by atoms with Crippen molar-refractivity contribution in [3.63, 3.8) is 0 Å². The minimum Gasteiger partial charge on any atom is -0.479 e. The molecular formula is C11H23NO4. The highest BCUT2D eigenvalue weighted by Crippen LogP contribution is 2.05. The second kappa shape index (κ2) is 10.4. The Hall–Kier alpha value is -1.10. The number of hydrogen-bond acceptors (Lipinski definition) is 4. The first-order valence-electron chi connectivity index (χ1n) is 5.53. The van der Waals surface area contributed by atoms with Crippen LogP contribution in [0.3, 0.4) is 0 Å². The lowest BCUT2D eigenvalue weighted by atomic mass is 10.0. The van der Waals surface area contributed by atoms with E-state index in [4.69, 9.17) is 5.11 Å². The van der Waals surface area contributed by atoms with Crippen molar-refractivity contribution in [2.24, 2.45) is 5.92 Å². The van der Waals surface area contributed by atoms with Crippen molar-refractivity contribution in [2.75, 3.05) is 13.7 Å². The van der Waals surface area contributed by atoms with Gasteiger partial charge in [0.05, 0.1) is 0 Å². The zero-order valence-corrected chi connectivity index (χ0v) is 10.7. The highest BCUT2D eigenvalue weighted by atomic mass is 16.6. The van der Waals surface area contributed by atoms with Gasteiger partial charge in [0.1, 0.15) is 6.04 Å². The van der Waals surface area contributed by atoms with E-state index >= 15 is 0 Å². The van der Waals surface area contributed by atoms with Gasteiger partial charge in [0.15, 0.2) is 6.61 Å². The zero-order chi connectivity index (χ0) is 13.1. The van der Waals surface area contributed by atoms with E-state index in [1.54, 1.807) is 7.05 Å². The summed E-state index contributed by atoms with van der Waals surface area (Å²) in [7, 11) is 1.65. The molecule has 0 aromatic carbocycles. The van der Waals surface area contributed by atoms with Gasteiger partial charge in [-0.3, -0.25) is 4.79 Å². The van der Waals surface area contributed by atoms with E-state index in [9.17, 15) is 9.59 Å². The monoisotopic (exact) mass is 233 g/mol. The van der Waals surface area contributed by atoms with Crippen LogP contribution in [0.2, 0.25) is 0 Å². The SMILES string of the molecule is CC.CN[C@@H](CC(C)C)C(=O)OCC(=O)O. The molecule has 96 valence electrons. The summed E-state index contributed by atoms with van der Waals surface area (Å²) in [6, 6.07) is -0.422. The van der Waals surface area contributed by atoms with Crippen LogP contribution in [0.25, 0.3) is 0 Å². The number of hydrogen-bond donors (Lipinski definition) is 2. The molecule has 0 rings (SSSR count). The molecule has 2 N–H and O–H groups in total. The van der Waals surface area contributed by atoms with E-state index in [1.165, 1.54) is 0 Å². The first-order chi connectivity index (χ1) is 7.47. The molecular weight excluding hydrogens is 210 g/mol. The Bertz CT molecular complexity index is 204. The fourth-order valence-corrected chi connectivity index (χ4v) is 1.04. The Morgan fingerprint density at radius 2 is 1.81 bits per heavy atom. The average molecular weight is 233 g/mol. The van der Waals surface area contributed by atoms with Crippen molar-refractivity contribution in [3.8, 4) is 0 Å². The normalized spacial score (nSPS) is 11.4. The molecule has 0 radical (unpaired) electrons. The van der Waals surface area contributed by atoms with Crippen LogP contribution < -0.4 is 5.32 Å². The predicted molar refractivity (Wildman–Crippen MR) is 62.2 cm³/mol. The van der Waals surface area contributed by atoms with Gasteiger partial charge in [-0.15, -0.1) is 0 Å². The second-order valence-electron chi connectivity index (χ2n) is 3.47. The molecule has 0 saturated carbocycles. The number of carboxylic acid groups (broad SMARTS) is 1. The molecule has 0 unspecified atom stereocenters. The number of carboxylic acids is 1. The molecule has 5 nitrogen and oxygen atoms in total. The standard InChI is InChI=1S/C9H17NO4.C2H6/c1-6(2)4-7(10-3)9(13)14-5-8(11)12;1-2/h6-7,10H,4-5H2,1-3H3,(H,11,12);1-2H3/t7-;/m0./s1. The van der Waals surface area contributed by atoms with E-state index in [-0.39, 0.29) is 0 Å². The van der Waals surface area contributed by atoms with Crippen molar-refractivity contribution in [2.45, 2.75) is 40.2 Å². The Labute approximate surface area is 97.2 Å². The van der Waals surface area contributed by atoms with Crippen molar-refractivity contribution < 1.29 is 19.4 Å². The molecule has 0 bridgehead atoms. The quantitative estimate of drug-likeness (QED) is 0.676. The number of carbonyl (C=O) groups excluding carboxylic acids is 1. The molecule has 16 heavy (non-hydrogen) atoms. The van der Waals surface area contributed by atoms with E-state index < -0.39 is 24.6 Å². The lowest BCUT2D eigenvalue weighted by Crippen LogP contribution is -2.37. The van der Waals surface area contributed by atoms with Gasteiger partial charge in [-0.05, 0) is 19.4 Å². The molecule has 0 heterocycles. The molecule has 5 heteroatoms. The Balaban J connectivity index is 0. The molecule has 0 aliphatic rings. The number of rotatable bonds is 6. The van der Waals surface area contributed by atoms with Crippen LogP contribution in [0.15, 0.2) is 0 Å².